The fraction of sp³-hybridized carbons (Fsp3) is 0.571. The maximum absolute atomic E-state index is 12.9. The first kappa shape index (κ1) is 18.4. The molecule has 0 unspecified atom stereocenters. The molecule has 0 saturated carbocycles. The minimum absolute atomic E-state index is 0.0257. The Morgan fingerprint density at radius 3 is 2.48 bits per heavy atom. The van der Waals surface area contributed by atoms with Crippen LogP contribution in [0.15, 0.2) is 22.8 Å². The van der Waals surface area contributed by atoms with Gasteiger partial charge in [-0.25, -0.2) is 0 Å². The maximum Gasteiger partial charge on any atom is 0.289 e. The number of rotatable bonds is 2. The molecule has 2 amide bonds. The number of likely N-dealkylation sites (tertiary alicyclic amines) is 2. The van der Waals surface area contributed by atoms with Gasteiger partial charge in [-0.05, 0) is 37.8 Å². The summed E-state index contributed by atoms with van der Waals surface area (Å²) in [6.07, 6.45) is 5.90. The molecule has 1 spiro atoms. The Labute approximate surface area is 169 Å². The maximum atomic E-state index is 12.9. The van der Waals surface area contributed by atoms with Crippen molar-refractivity contribution >= 4 is 11.8 Å². The molecular formula is C21H26N4O4. The standard InChI is InChI=1S/C21H26N4O4/c1-23-16-13-21(6-10-25(11-7-21)19(26)17-5-4-12-28-17)29-14-15(16)18(22-23)20(27)24-8-2-3-9-24/h4-5,12H,2-3,6-11,13-14H2,1H3. The van der Waals surface area contributed by atoms with Crippen molar-refractivity contribution in [1.82, 2.24) is 19.6 Å². The number of carbonyl (C=O) groups excluding carboxylic acids is 2. The number of aromatic nitrogens is 2. The number of ether oxygens (including phenoxy) is 1. The monoisotopic (exact) mass is 398 g/mol. The van der Waals surface area contributed by atoms with E-state index in [1.807, 2.05) is 21.5 Å². The van der Waals surface area contributed by atoms with Crippen molar-refractivity contribution < 1.29 is 18.7 Å². The molecule has 0 aromatic carbocycles. The quantitative estimate of drug-likeness (QED) is 0.773. The second kappa shape index (κ2) is 7.02. The first-order valence-corrected chi connectivity index (χ1v) is 10.4. The lowest BCUT2D eigenvalue weighted by Crippen LogP contribution is -2.50. The van der Waals surface area contributed by atoms with Crippen LogP contribution in [0.5, 0.6) is 0 Å². The zero-order valence-corrected chi connectivity index (χ0v) is 16.7. The Balaban J connectivity index is 1.30. The smallest absolute Gasteiger partial charge is 0.289 e. The summed E-state index contributed by atoms with van der Waals surface area (Å²) in [7, 11) is 1.91. The molecule has 2 fully saturated rings. The van der Waals surface area contributed by atoms with Gasteiger partial charge in [0.25, 0.3) is 11.8 Å². The second-order valence-corrected chi connectivity index (χ2v) is 8.31. The summed E-state index contributed by atoms with van der Waals surface area (Å²) in [6.45, 7) is 3.30. The van der Waals surface area contributed by atoms with Crippen molar-refractivity contribution in [3.05, 3.63) is 41.1 Å². The van der Waals surface area contributed by atoms with E-state index in [0.29, 0.717) is 31.2 Å². The normalized spacial score (nSPS) is 20.9. The Kier molecular flexibility index (Phi) is 4.46. The molecule has 8 nitrogen and oxygen atoms in total. The molecule has 5 heterocycles. The molecule has 2 aromatic rings. The van der Waals surface area contributed by atoms with Gasteiger partial charge in [-0.1, -0.05) is 0 Å². The first-order valence-electron chi connectivity index (χ1n) is 10.4. The largest absolute Gasteiger partial charge is 0.459 e. The van der Waals surface area contributed by atoms with Gasteiger partial charge in [0.05, 0.1) is 18.5 Å². The highest BCUT2D eigenvalue weighted by Gasteiger charge is 2.43. The highest BCUT2D eigenvalue weighted by molar-refractivity contribution is 5.94. The predicted octanol–water partition coefficient (Wildman–Crippen LogP) is 2.00. The molecule has 0 aliphatic carbocycles. The van der Waals surface area contributed by atoms with Gasteiger partial charge in [0.2, 0.25) is 0 Å². The highest BCUT2D eigenvalue weighted by Crippen LogP contribution is 2.37. The summed E-state index contributed by atoms with van der Waals surface area (Å²) in [5, 5.41) is 4.56. The Bertz CT molecular complexity index is 919. The zero-order chi connectivity index (χ0) is 20.0. The van der Waals surface area contributed by atoms with Gasteiger partial charge < -0.3 is 19.0 Å². The van der Waals surface area contributed by atoms with E-state index in [-0.39, 0.29) is 17.4 Å². The average Bonchev–Trinajstić information content (AvgIpc) is 3.50. The lowest BCUT2D eigenvalue weighted by molar-refractivity contribution is -0.0992. The molecule has 2 aromatic heterocycles. The summed E-state index contributed by atoms with van der Waals surface area (Å²) in [4.78, 5) is 29.1. The van der Waals surface area contributed by atoms with Crippen LogP contribution in [0, 0.1) is 0 Å². The van der Waals surface area contributed by atoms with Crippen LogP contribution in [0.2, 0.25) is 0 Å². The van der Waals surface area contributed by atoms with E-state index in [4.69, 9.17) is 9.15 Å². The van der Waals surface area contributed by atoms with E-state index in [9.17, 15) is 9.59 Å². The Hall–Kier alpha value is -2.61. The molecule has 5 rings (SSSR count). The van der Waals surface area contributed by atoms with E-state index >= 15 is 0 Å². The van der Waals surface area contributed by atoms with Crippen LogP contribution >= 0.6 is 0 Å². The third-order valence-electron chi connectivity index (χ3n) is 6.58. The van der Waals surface area contributed by atoms with E-state index in [2.05, 4.69) is 5.10 Å². The van der Waals surface area contributed by atoms with Crippen LogP contribution in [0.4, 0.5) is 0 Å². The summed E-state index contributed by atoms with van der Waals surface area (Å²) >= 11 is 0. The molecular weight excluding hydrogens is 372 g/mol. The van der Waals surface area contributed by atoms with Gasteiger partial charge in [-0.3, -0.25) is 14.3 Å². The molecule has 0 radical (unpaired) electrons. The van der Waals surface area contributed by atoms with Gasteiger partial charge in [-0.2, -0.15) is 5.10 Å². The van der Waals surface area contributed by atoms with Crippen molar-refractivity contribution in [2.45, 2.75) is 44.3 Å². The number of hydrogen-bond donors (Lipinski definition) is 0. The number of fused-ring (bicyclic) bond motifs is 1. The van der Waals surface area contributed by atoms with Crippen LogP contribution in [0.1, 0.15) is 58.0 Å². The van der Waals surface area contributed by atoms with Gasteiger partial charge in [0.15, 0.2) is 11.5 Å². The summed E-state index contributed by atoms with van der Waals surface area (Å²) in [5.74, 6) is 0.336. The average molecular weight is 398 g/mol. The zero-order valence-electron chi connectivity index (χ0n) is 16.7. The fourth-order valence-electron chi connectivity index (χ4n) is 4.79. The van der Waals surface area contributed by atoms with Crippen LogP contribution in [-0.4, -0.2) is 63.2 Å². The second-order valence-electron chi connectivity index (χ2n) is 8.31. The molecule has 154 valence electrons. The van der Waals surface area contributed by atoms with Gasteiger partial charge >= 0.3 is 0 Å². The van der Waals surface area contributed by atoms with Gasteiger partial charge in [0, 0.05) is 50.9 Å². The Morgan fingerprint density at radius 2 is 1.79 bits per heavy atom. The number of nitrogens with zero attached hydrogens (tertiary/aromatic N) is 4. The van der Waals surface area contributed by atoms with Crippen LogP contribution < -0.4 is 0 Å². The minimum atomic E-state index is -0.297. The van der Waals surface area contributed by atoms with Gasteiger partial charge in [0.1, 0.15) is 0 Å². The van der Waals surface area contributed by atoms with Crippen LogP contribution in [0.25, 0.3) is 0 Å². The molecule has 0 N–H and O–H groups in total. The molecule has 29 heavy (non-hydrogen) atoms. The Morgan fingerprint density at radius 1 is 1.07 bits per heavy atom. The molecule has 3 aliphatic heterocycles. The third-order valence-corrected chi connectivity index (χ3v) is 6.58. The van der Waals surface area contributed by atoms with Crippen molar-refractivity contribution in [2.24, 2.45) is 7.05 Å². The highest BCUT2D eigenvalue weighted by atomic mass is 16.5. The number of amides is 2. The summed E-state index contributed by atoms with van der Waals surface area (Å²) in [6, 6.07) is 3.43. The molecule has 8 heteroatoms. The molecule has 3 aliphatic rings. The number of aryl methyl sites for hydroxylation is 1. The molecule has 0 atom stereocenters. The number of carbonyl (C=O) groups is 2. The van der Waals surface area contributed by atoms with Gasteiger partial charge in [-0.15, -0.1) is 0 Å². The van der Waals surface area contributed by atoms with Crippen molar-refractivity contribution in [3.63, 3.8) is 0 Å². The SMILES string of the molecule is Cn1nc(C(=O)N2CCCC2)c2c1CC1(CCN(C(=O)c3ccco3)CC1)OC2. The summed E-state index contributed by atoms with van der Waals surface area (Å²) < 4.78 is 13.4. The molecule has 0 bridgehead atoms. The number of piperidine rings is 1. The van der Waals surface area contributed by atoms with E-state index < -0.39 is 0 Å². The van der Waals surface area contributed by atoms with E-state index in [1.165, 1.54) is 6.26 Å². The topological polar surface area (TPSA) is 80.8 Å². The predicted molar refractivity (Wildman–Crippen MR) is 103 cm³/mol. The lowest BCUT2D eigenvalue weighted by Gasteiger charge is -2.43. The fourth-order valence-corrected chi connectivity index (χ4v) is 4.79. The van der Waals surface area contributed by atoms with Crippen LogP contribution in [-0.2, 0) is 24.8 Å². The lowest BCUT2D eigenvalue weighted by atomic mass is 9.83. The van der Waals surface area contributed by atoms with Crippen molar-refractivity contribution in [2.75, 3.05) is 26.2 Å². The summed E-state index contributed by atoms with van der Waals surface area (Å²) in [5.41, 5.74) is 2.27. The third kappa shape index (κ3) is 3.15. The number of furan rings is 1. The molecule has 2 saturated heterocycles. The van der Waals surface area contributed by atoms with Crippen LogP contribution in [0.3, 0.4) is 0 Å². The van der Waals surface area contributed by atoms with E-state index in [1.54, 1.807) is 12.1 Å². The van der Waals surface area contributed by atoms with E-state index in [0.717, 1.165) is 56.5 Å². The van der Waals surface area contributed by atoms with Crippen molar-refractivity contribution in [1.29, 1.82) is 0 Å². The van der Waals surface area contributed by atoms with Crippen molar-refractivity contribution in [3.8, 4) is 0 Å². The number of hydrogen-bond acceptors (Lipinski definition) is 5. The first-order chi connectivity index (χ1) is 14.1. The minimum Gasteiger partial charge on any atom is -0.459 e.